The van der Waals surface area contributed by atoms with E-state index in [1.54, 1.807) is 13.8 Å². The van der Waals surface area contributed by atoms with E-state index < -0.39 is 23.6 Å². The third kappa shape index (κ3) is 7.76. The molecule has 4 atom stereocenters. The SMILES string of the molecule is CCC(C)OC(OC(C)CC)C(=O)C(CC)(OC(C)CC)C(=O)O.[AlH3]. The van der Waals surface area contributed by atoms with E-state index in [1.807, 2.05) is 34.6 Å². The zero-order chi connectivity index (χ0) is 18.9. The highest BCUT2D eigenvalue weighted by atomic mass is 27.0. The van der Waals surface area contributed by atoms with Gasteiger partial charge in [-0.2, -0.15) is 0 Å². The molecule has 0 aromatic heterocycles. The highest BCUT2D eigenvalue weighted by molar-refractivity contribution is 6.08. The Morgan fingerprint density at radius 2 is 1.28 bits per heavy atom. The van der Waals surface area contributed by atoms with E-state index in [0.29, 0.717) is 19.3 Å². The van der Waals surface area contributed by atoms with Crippen LogP contribution in [-0.4, -0.2) is 64.4 Å². The van der Waals surface area contributed by atoms with Gasteiger partial charge in [0.05, 0.1) is 18.3 Å². The van der Waals surface area contributed by atoms with Crippen molar-refractivity contribution in [1.82, 2.24) is 0 Å². The lowest BCUT2D eigenvalue weighted by Crippen LogP contribution is -2.56. The molecule has 6 nitrogen and oxygen atoms in total. The Morgan fingerprint density at radius 3 is 1.56 bits per heavy atom. The first-order valence-corrected chi connectivity index (χ1v) is 8.94. The molecule has 0 fully saturated rings. The Labute approximate surface area is 162 Å². The molecule has 0 bridgehead atoms. The second kappa shape index (κ2) is 12.8. The molecule has 7 heteroatoms. The maximum atomic E-state index is 13.0. The molecule has 0 aromatic carbocycles. The van der Waals surface area contributed by atoms with Gasteiger partial charge in [0.15, 0.2) is 17.4 Å². The molecule has 148 valence electrons. The molecular weight excluding hydrogens is 339 g/mol. The molecular formula is C18H37AlO6. The van der Waals surface area contributed by atoms with E-state index in [4.69, 9.17) is 14.2 Å². The van der Waals surface area contributed by atoms with E-state index in [1.165, 1.54) is 0 Å². The molecule has 0 aliphatic heterocycles. The Balaban J connectivity index is 0. The third-order valence-electron chi connectivity index (χ3n) is 4.29. The number of hydrogen-bond acceptors (Lipinski definition) is 5. The predicted octanol–water partition coefficient (Wildman–Crippen LogP) is 2.38. The summed E-state index contributed by atoms with van der Waals surface area (Å²) in [5.41, 5.74) is -1.96. The Bertz CT molecular complexity index is 391. The van der Waals surface area contributed by atoms with Crippen molar-refractivity contribution in [3.63, 3.8) is 0 Å². The van der Waals surface area contributed by atoms with Gasteiger partial charge in [-0.1, -0.05) is 27.7 Å². The van der Waals surface area contributed by atoms with Crippen LogP contribution in [0.2, 0.25) is 0 Å². The predicted molar refractivity (Wildman–Crippen MR) is 102 cm³/mol. The Kier molecular flexibility index (Phi) is 13.7. The number of hydrogen-bond donors (Lipinski definition) is 1. The third-order valence-corrected chi connectivity index (χ3v) is 4.29. The Morgan fingerprint density at radius 1 is 0.880 bits per heavy atom. The minimum atomic E-state index is -1.96. The van der Waals surface area contributed by atoms with Crippen LogP contribution in [-0.2, 0) is 23.8 Å². The molecule has 0 saturated carbocycles. The molecule has 0 heterocycles. The van der Waals surface area contributed by atoms with Crippen LogP contribution in [0.1, 0.15) is 74.1 Å². The fourth-order valence-corrected chi connectivity index (χ4v) is 2.01. The van der Waals surface area contributed by atoms with Crippen molar-refractivity contribution in [2.75, 3.05) is 0 Å². The second-order valence-corrected chi connectivity index (χ2v) is 6.23. The van der Waals surface area contributed by atoms with Gasteiger partial charge in [-0.05, 0) is 46.5 Å². The van der Waals surface area contributed by atoms with E-state index >= 15 is 0 Å². The number of Topliss-reactive ketones (excluding diaryl/α,β-unsaturated/α-hetero) is 1. The van der Waals surface area contributed by atoms with Gasteiger partial charge in [-0.15, -0.1) is 0 Å². The summed E-state index contributed by atoms with van der Waals surface area (Å²) < 4.78 is 17.0. The largest absolute Gasteiger partial charge is 0.479 e. The molecule has 0 aliphatic rings. The molecule has 0 radical (unpaired) electrons. The first-order chi connectivity index (χ1) is 11.2. The zero-order valence-electron chi connectivity index (χ0n) is 16.1. The quantitative estimate of drug-likeness (QED) is 0.302. The number of ether oxygens (including phenoxy) is 3. The van der Waals surface area contributed by atoms with Crippen LogP contribution in [0.3, 0.4) is 0 Å². The van der Waals surface area contributed by atoms with E-state index in [9.17, 15) is 14.7 Å². The summed E-state index contributed by atoms with van der Waals surface area (Å²) in [5.74, 6) is -1.99. The molecule has 0 spiro atoms. The molecule has 1 N–H and O–H groups in total. The van der Waals surface area contributed by atoms with Crippen molar-refractivity contribution in [3.05, 3.63) is 0 Å². The van der Waals surface area contributed by atoms with Gasteiger partial charge in [0, 0.05) is 0 Å². The summed E-state index contributed by atoms with van der Waals surface area (Å²) in [6.45, 7) is 12.7. The average Bonchev–Trinajstić information content (AvgIpc) is 2.57. The van der Waals surface area contributed by atoms with Gasteiger partial charge in [0.25, 0.3) is 0 Å². The lowest BCUT2D eigenvalue weighted by atomic mass is 9.93. The molecule has 0 aliphatic carbocycles. The van der Waals surface area contributed by atoms with Gasteiger partial charge in [0.2, 0.25) is 17.7 Å². The lowest BCUT2D eigenvalue weighted by Gasteiger charge is -2.34. The zero-order valence-corrected chi connectivity index (χ0v) is 16.1. The highest BCUT2D eigenvalue weighted by Crippen LogP contribution is 2.26. The first-order valence-electron chi connectivity index (χ1n) is 8.94. The Hall–Kier alpha value is -0.448. The number of carbonyl (C=O) groups excluding carboxylic acids is 1. The number of carboxylic acids is 1. The monoisotopic (exact) mass is 376 g/mol. The summed E-state index contributed by atoms with van der Waals surface area (Å²) in [4.78, 5) is 24.9. The fraction of sp³-hybridized carbons (Fsp3) is 0.889. The van der Waals surface area contributed by atoms with Crippen molar-refractivity contribution in [3.8, 4) is 0 Å². The molecule has 0 aromatic rings. The summed E-state index contributed by atoms with van der Waals surface area (Å²) >= 11 is 0. The van der Waals surface area contributed by atoms with Crippen LogP contribution in [0.25, 0.3) is 0 Å². The van der Waals surface area contributed by atoms with Crippen LogP contribution >= 0.6 is 0 Å². The summed E-state index contributed by atoms with van der Waals surface area (Å²) in [6.07, 6.45) is -0.0861. The number of carbonyl (C=O) groups is 2. The maximum Gasteiger partial charge on any atom is 0.344 e. The van der Waals surface area contributed by atoms with Gasteiger partial charge in [-0.25, -0.2) is 4.79 Å². The number of ketones is 1. The smallest absolute Gasteiger partial charge is 0.344 e. The summed E-state index contributed by atoms with van der Waals surface area (Å²) in [5, 5.41) is 9.71. The van der Waals surface area contributed by atoms with Crippen molar-refractivity contribution in [1.29, 1.82) is 0 Å². The van der Waals surface area contributed by atoms with E-state index in [-0.39, 0.29) is 42.1 Å². The van der Waals surface area contributed by atoms with Crippen molar-refractivity contribution < 1.29 is 28.9 Å². The number of aliphatic carboxylic acids is 1. The van der Waals surface area contributed by atoms with Crippen LogP contribution in [0.15, 0.2) is 0 Å². The van der Waals surface area contributed by atoms with Crippen LogP contribution in [0.5, 0.6) is 0 Å². The van der Waals surface area contributed by atoms with Crippen molar-refractivity contribution in [2.45, 2.75) is 104 Å². The van der Waals surface area contributed by atoms with Crippen molar-refractivity contribution in [2.24, 2.45) is 0 Å². The molecule has 0 saturated heterocycles. The molecule has 0 amide bonds. The number of rotatable bonds is 13. The molecule has 4 unspecified atom stereocenters. The minimum absolute atomic E-state index is 0. The van der Waals surface area contributed by atoms with Gasteiger partial charge < -0.3 is 19.3 Å². The van der Waals surface area contributed by atoms with Crippen molar-refractivity contribution >= 4 is 29.1 Å². The summed E-state index contributed by atoms with van der Waals surface area (Å²) in [7, 11) is 0. The fourth-order valence-electron chi connectivity index (χ4n) is 2.01. The van der Waals surface area contributed by atoms with E-state index in [2.05, 4.69) is 0 Å². The standard InChI is InChI=1S/C18H34O6.Al.3H/c1-8-12(5)22-16(23-13(6)9-2)15(19)18(11-4,17(20)21)24-14(7)10-3;;;;/h12-14,16H,8-11H2,1-7H3,(H,20,21);;;;. The maximum absolute atomic E-state index is 13.0. The van der Waals surface area contributed by atoms with E-state index in [0.717, 1.165) is 0 Å². The topological polar surface area (TPSA) is 82.1 Å². The average molecular weight is 376 g/mol. The van der Waals surface area contributed by atoms with Gasteiger partial charge in [0.1, 0.15) is 0 Å². The van der Waals surface area contributed by atoms with Gasteiger partial charge in [-0.3, -0.25) is 4.79 Å². The minimum Gasteiger partial charge on any atom is -0.479 e. The lowest BCUT2D eigenvalue weighted by molar-refractivity contribution is -0.219. The molecule has 0 rings (SSSR count). The summed E-state index contributed by atoms with van der Waals surface area (Å²) in [6, 6.07) is 0. The van der Waals surface area contributed by atoms with Crippen LogP contribution in [0, 0.1) is 0 Å². The van der Waals surface area contributed by atoms with Crippen LogP contribution in [0.4, 0.5) is 0 Å². The molecule has 25 heavy (non-hydrogen) atoms. The normalized spacial score (nSPS) is 18.4. The highest BCUT2D eigenvalue weighted by Gasteiger charge is 2.51. The number of carboxylic acid groups (broad SMARTS) is 1. The second-order valence-electron chi connectivity index (χ2n) is 6.23. The first kappa shape index (κ1) is 26.8. The van der Waals surface area contributed by atoms with Gasteiger partial charge >= 0.3 is 5.97 Å². The van der Waals surface area contributed by atoms with Crippen LogP contribution < -0.4 is 0 Å².